The van der Waals surface area contributed by atoms with Gasteiger partial charge in [-0.15, -0.1) is 0 Å². The van der Waals surface area contributed by atoms with Crippen LogP contribution in [0.1, 0.15) is 101 Å². The van der Waals surface area contributed by atoms with E-state index in [-0.39, 0.29) is 18.8 Å². The fourth-order valence-corrected chi connectivity index (χ4v) is 6.72. The van der Waals surface area contributed by atoms with Crippen molar-refractivity contribution in [2.45, 2.75) is 138 Å². The van der Waals surface area contributed by atoms with Gasteiger partial charge in [-0.1, -0.05) is 60.6 Å². The number of aliphatic carboxylic acids is 1. The second kappa shape index (κ2) is 25.6. The van der Waals surface area contributed by atoms with E-state index in [0.29, 0.717) is 24.2 Å². The number of benzene rings is 1. The lowest BCUT2D eigenvalue weighted by atomic mass is 9.98. The molecule has 0 aromatic heterocycles. The van der Waals surface area contributed by atoms with Crippen LogP contribution in [-0.2, 0) is 49.5 Å². The molecule has 1 aromatic rings. The lowest BCUT2D eigenvalue weighted by Gasteiger charge is -2.35. The monoisotopic (exact) mass is 891 g/mol. The van der Waals surface area contributed by atoms with Gasteiger partial charge in [0.05, 0.1) is 26.1 Å². The van der Waals surface area contributed by atoms with Crippen molar-refractivity contribution in [3.8, 4) is 5.75 Å². The molecule has 18 nitrogen and oxygen atoms in total. The fraction of sp³-hybridized carbons (Fsp3) is 0.689. The van der Waals surface area contributed by atoms with E-state index in [9.17, 15) is 43.5 Å². The van der Waals surface area contributed by atoms with Crippen molar-refractivity contribution >= 4 is 47.6 Å². The van der Waals surface area contributed by atoms with Crippen molar-refractivity contribution < 1.29 is 57.7 Å². The Kier molecular flexibility index (Phi) is 22.6. The Morgan fingerprint density at radius 2 is 1.29 bits per heavy atom. The quantitative estimate of drug-likeness (QED) is 0.109. The van der Waals surface area contributed by atoms with Crippen molar-refractivity contribution in [1.29, 1.82) is 0 Å². The zero-order valence-corrected chi connectivity index (χ0v) is 40.0. The molecule has 0 radical (unpaired) electrons. The maximum atomic E-state index is 13.8. The molecule has 0 aliphatic heterocycles. The average Bonchev–Trinajstić information content (AvgIpc) is 3.21. The molecule has 0 spiro atoms. The van der Waals surface area contributed by atoms with E-state index in [1.807, 2.05) is 20.8 Å². The number of carbonyl (C=O) groups is 8. The molecule has 0 unspecified atom stereocenters. The summed E-state index contributed by atoms with van der Waals surface area (Å²) in [5.41, 5.74) is -0.0848. The van der Waals surface area contributed by atoms with E-state index in [4.69, 9.17) is 14.2 Å². The molecule has 0 saturated heterocycles. The summed E-state index contributed by atoms with van der Waals surface area (Å²) in [4.78, 5) is 110. The Labute approximate surface area is 373 Å². The van der Waals surface area contributed by atoms with E-state index in [1.165, 1.54) is 38.1 Å². The largest absolute Gasteiger partial charge is 0.497 e. The predicted molar refractivity (Wildman–Crippen MR) is 236 cm³/mol. The summed E-state index contributed by atoms with van der Waals surface area (Å²) >= 11 is 0. The summed E-state index contributed by atoms with van der Waals surface area (Å²) in [5, 5.41) is 17.9. The number of carbonyl (C=O) groups excluding carboxylic acids is 7. The first-order valence-electron chi connectivity index (χ1n) is 21.6. The minimum Gasteiger partial charge on any atom is -0.497 e. The third-order valence-electron chi connectivity index (χ3n) is 10.8. The summed E-state index contributed by atoms with van der Waals surface area (Å²) in [5.74, 6) is -6.34. The number of methoxy groups -OCH3 is 1. The first kappa shape index (κ1) is 55.6. The molecule has 1 rings (SSSR count). The number of carboxylic acids is 1. The summed E-state index contributed by atoms with van der Waals surface area (Å²) < 4.78 is 16.2. The van der Waals surface area contributed by atoms with Crippen LogP contribution < -0.4 is 20.7 Å². The predicted octanol–water partition coefficient (Wildman–Crippen LogP) is 3.64. The average molecular weight is 891 g/mol. The zero-order valence-electron chi connectivity index (χ0n) is 40.0. The van der Waals surface area contributed by atoms with E-state index < -0.39 is 114 Å². The van der Waals surface area contributed by atoms with Crippen molar-refractivity contribution in [3.05, 3.63) is 29.8 Å². The second-order valence-electron chi connectivity index (χ2n) is 17.8. The van der Waals surface area contributed by atoms with Gasteiger partial charge in [-0.3, -0.25) is 28.8 Å². The van der Waals surface area contributed by atoms with Crippen LogP contribution in [0, 0.1) is 23.7 Å². The number of carboxylic acid groups (broad SMARTS) is 1. The van der Waals surface area contributed by atoms with Crippen LogP contribution in [0.5, 0.6) is 5.75 Å². The van der Waals surface area contributed by atoms with E-state index >= 15 is 0 Å². The second-order valence-corrected chi connectivity index (χ2v) is 17.8. The normalized spacial score (nSPS) is 14.7. The fourth-order valence-electron chi connectivity index (χ4n) is 6.72. The Hall–Kier alpha value is -5.42. The summed E-state index contributed by atoms with van der Waals surface area (Å²) in [6, 6.07) is 2.80. The summed E-state index contributed by atoms with van der Waals surface area (Å²) in [6.07, 6.45) is -0.902. The van der Waals surface area contributed by atoms with Gasteiger partial charge in [-0.05, 0) is 76.5 Å². The van der Waals surface area contributed by atoms with Crippen molar-refractivity contribution in [2.75, 3.05) is 41.3 Å². The number of ether oxygens (including phenoxy) is 3. The minimum atomic E-state index is -1.26. The number of rotatable bonds is 24. The van der Waals surface area contributed by atoms with Crippen molar-refractivity contribution in [2.24, 2.45) is 23.7 Å². The van der Waals surface area contributed by atoms with Crippen LogP contribution in [0.15, 0.2) is 24.3 Å². The van der Waals surface area contributed by atoms with Gasteiger partial charge in [-0.25, -0.2) is 9.59 Å². The molecule has 356 valence electrons. The molecular weight excluding hydrogens is 817 g/mol. The van der Waals surface area contributed by atoms with Crippen LogP contribution in [0.2, 0.25) is 0 Å². The van der Waals surface area contributed by atoms with Gasteiger partial charge in [0.25, 0.3) is 5.91 Å². The van der Waals surface area contributed by atoms with Crippen LogP contribution >= 0.6 is 0 Å². The molecule has 18 heteroatoms. The lowest BCUT2D eigenvalue weighted by Crippen LogP contribution is -2.57. The third kappa shape index (κ3) is 17.7. The standard InChI is InChI=1S/C45H74N6O12/c1-16-28(7)38(62-43(59)29(8)32(17-2)48-44(60)63-45(9,10)11)40(55)47-24-35(52)49(12)33(22-26(3)4)39(54)46-25-36(53)51(14)37(27(5)6)41(56)50(13)34(42(57)58)23-30-18-20-31(61-15)21-19-30/h18-21,26-29,32-34,37-38H,16-17,22-25H2,1-15H3,(H,46,54)(H,47,55)(H,48,60)(H,57,58)/t28-,29-,32+,33-,34-,37-,38-/m0/s1. The Balaban J connectivity index is 3.06. The highest BCUT2D eigenvalue weighted by Gasteiger charge is 2.38. The minimum absolute atomic E-state index is 0.00843. The first-order chi connectivity index (χ1) is 29.2. The van der Waals surface area contributed by atoms with Crippen LogP contribution in [0.3, 0.4) is 0 Å². The number of likely N-dealkylation sites (N-methyl/N-ethyl adjacent to an activating group) is 3. The molecule has 0 aliphatic carbocycles. The Morgan fingerprint density at radius 1 is 0.746 bits per heavy atom. The Morgan fingerprint density at radius 3 is 1.75 bits per heavy atom. The smallest absolute Gasteiger partial charge is 0.407 e. The highest BCUT2D eigenvalue weighted by molar-refractivity contribution is 5.94. The van der Waals surface area contributed by atoms with E-state index in [1.54, 1.807) is 79.7 Å². The Bertz CT molecular complexity index is 1710. The van der Waals surface area contributed by atoms with Crippen molar-refractivity contribution in [3.63, 3.8) is 0 Å². The maximum absolute atomic E-state index is 13.8. The highest BCUT2D eigenvalue weighted by Crippen LogP contribution is 2.20. The molecule has 0 heterocycles. The molecule has 4 N–H and O–H groups in total. The lowest BCUT2D eigenvalue weighted by molar-refractivity contribution is -0.163. The van der Waals surface area contributed by atoms with E-state index in [0.717, 1.165) is 4.90 Å². The zero-order chi connectivity index (χ0) is 48.5. The maximum Gasteiger partial charge on any atom is 0.407 e. The molecule has 63 heavy (non-hydrogen) atoms. The first-order valence-corrected chi connectivity index (χ1v) is 21.6. The third-order valence-corrected chi connectivity index (χ3v) is 10.8. The number of hydrogen-bond donors (Lipinski definition) is 4. The molecular formula is C45H74N6O12. The number of hydrogen-bond acceptors (Lipinski definition) is 11. The molecule has 0 saturated carbocycles. The SMILES string of the molecule is CC[C@H](C)[C@H](OC(=O)[C@@H](C)[C@@H](CC)NC(=O)OC(C)(C)C)C(=O)NCC(=O)N(C)[C@@H](CC(C)C)C(=O)NCC(=O)N(C)[C@H](C(=O)N(C)[C@@H](Cc1ccc(OC)cc1)C(=O)O)C(C)C. The summed E-state index contributed by atoms with van der Waals surface area (Å²) in [6.45, 7) is 18.2. The van der Waals surface area contributed by atoms with Gasteiger partial charge < -0.3 is 50.0 Å². The van der Waals surface area contributed by atoms with E-state index in [2.05, 4.69) is 16.0 Å². The molecule has 1 aromatic carbocycles. The molecule has 0 bridgehead atoms. The van der Waals surface area contributed by atoms with Gasteiger partial charge in [0.15, 0.2) is 6.10 Å². The van der Waals surface area contributed by atoms with Gasteiger partial charge in [0, 0.05) is 39.5 Å². The topological polar surface area (TPSA) is 230 Å². The van der Waals surface area contributed by atoms with Gasteiger partial charge in [0.1, 0.15) is 29.5 Å². The molecule has 6 amide bonds. The van der Waals surface area contributed by atoms with Gasteiger partial charge in [-0.2, -0.15) is 0 Å². The van der Waals surface area contributed by atoms with Crippen LogP contribution in [0.25, 0.3) is 0 Å². The van der Waals surface area contributed by atoms with Gasteiger partial charge >= 0.3 is 18.0 Å². The van der Waals surface area contributed by atoms with Crippen molar-refractivity contribution in [1.82, 2.24) is 30.7 Å². The number of alkyl carbamates (subject to hydrolysis) is 1. The molecule has 7 atom stereocenters. The molecule has 0 aliphatic rings. The number of esters is 1. The highest BCUT2D eigenvalue weighted by atomic mass is 16.6. The number of amides is 6. The van der Waals surface area contributed by atoms with Gasteiger partial charge in [0.2, 0.25) is 23.6 Å². The number of nitrogens with zero attached hydrogens (tertiary/aromatic N) is 3. The summed E-state index contributed by atoms with van der Waals surface area (Å²) in [7, 11) is 5.70. The van der Waals surface area contributed by atoms with Crippen LogP contribution in [-0.4, -0.2) is 145 Å². The molecule has 0 fully saturated rings. The van der Waals surface area contributed by atoms with Crippen LogP contribution in [0.4, 0.5) is 4.79 Å². The number of nitrogens with one attached hydrogen (secondary N) is 3.